The maximum Gasteiger partial charge on any atom is 0.290 e. The monoisotopic (exact) mass is 267 g/mol. The van der Waals surface area contributed by atoms with Gasteiger partial charge in [0.05, 0.1) is 0 Å². The molecule has 2 N–H and O–H groups in total. The van der Waals surface area contributed by atoms with Crippen molar-refractivity contribution in [1.82, 2.24) is 4.98 Å². The highest BCUT2D eigenvalue weighted by atomic mass is 35.5. The molecular formula is C12H10ClNO2S. The van der Waals surface area contributed by atoms with Crippen molar-refractivity contribution in [2.75, 3.05) is 0 Å². The van der Waals surface area contributed by atoms with Crippen LogP contribution in [0.25, 0.3) is 0 Å². The van der Waals surface area contributed by atoms with Gasteiger partial charge in [-0.2, -0.15) is 0 Å². The zero-order chi connectivity index (χ0) is 12.3. The lowest BCUT2D eigenvalue weighted by Gasteiger charge is -2.02. The average Bonchev–Trinajstić information content (AvgIpc) is 2.33. The Morgan fingerprint density at radius 2 is 2.00 bits per heavy atom. The molecule has 0 saturated heterocycles. The maximum absolute atomic E-state index is 11.0. The van der Waals surface area contributed by atoms with Crippen LogP contribution in [0.4, 0.5) is 0 Å². The lowest BCUT2D eigenvalue weighted by Crippen LogP contribution is -2.03. The molecule has 0 bridgehead atoms. The topological polar surface area (TPSA) is 53.1 Å². The molecule has 0 unspecified atom stereocenters. The molecule has 0 aliphatic carbocycles. The Morgan fingerprint density at radius 1 is 1.29 bits per heavy atom. The van der Waals surface area contributed by atoms with Crippen molar-refractivity contribution in [3.63, 3.8) is 0 Å². The first-order valence-electron chi connectivity index (χ1n) is 4.94. The second kappa shape index (κ2) is 5.29. The van der Waals surface area contributed by atoms with Gasteiger partial charge < -0.3 is 10.1 Å². The average molecular weight is 268 g/mol. The standard InChI is InChI=1S/C12H10ClNO2S/c13-9-3-1-8(2-4-9)7-17-10-5-11(15)12(16)14-6-10/h1-6,15H,7H2,(H,14,16). The van der Waals surface area contributed by atoms with Crippen LogP contribution in [0, 0.1) is 0 Å². The van der Waals surface area contributed by atoms with Crippen molar-refractivity contribution in [1.29, 1.82) is 0 Å². The quantitative estimate of drug-likeness (QED) is 0.841. The minimum absolute atomic E-state index is 0.258. The molecule has 5 heteroatoms. The molecule has 0 amide bonds. The van der Waals surface area contributed by atoms with E-state index in [0.29, 0.717) is 5.02 Å². The zero-order valence-corrected chi connectivity index (χ0v) is 10.4. The van der Waals surface area contributed by atoms with Gasteiger partial charge in [-0.15, -0.1) is 11.8 Å². The fraction of sp³-hybridized carbons (Fsp3) is 0.0833. The molecule has 0 radical (unpaired) electrons. The number of aromatic hydroxyl groups is 1. The van der Waals surface area contributed by atoms with E-state index in [1.54, 1.807) is 6.20 Å². The SMILES string of the molecule is O=c1[nH]cc(SCc2ccc(Cl)cc2)cc1O. The molecule has 88 valence electrons. The summed E-state index contributed by atoms with van der Waals surface area (Å²) in [4.78, 5) is 14.2. The third-order valence-electron chi connectivity index (χ3n) is 2.18. The number of rotatable bonds is 3. The Bertz CT molecular complexity index is 565. The Morgan fingerprint density at radius 3 is 2.65 bits per heavy atom. The van der Waals surface area contributed by atoms with Gasteiger partial charge in [0.25, 0.3) is 5.56 Å². The van der Waals surface area contributed by atoms with Crippen LogP contribution in [-0.4, -0.2) is 10.1 Å². The van der Waals surface area contributed by atoms with Crippen molar-refractivity contribution in [3.8, 4) is 5.75 Å². The van der Waals surface area contributed by atoms with Crippen LogP contribution >= 0.6 is 23.4 Å². The molecule has 2 aromatic rings. The molecule has 0 atom stereocenters. The molecule has 1 aromatic heterocycles. The fourth-order valence-electron chi connectivity index (χ4n) is 1.28. The zero-order valence-electron chi connectivity index (χ0n) is 8.81. The highest BCUT2D eigenvalue weighted by Gasteiger charge is 2.01. The van der Waals surface area contributed by atoms with E-state index in [2.05, 4.69) is 4.98 Å². The molecule has 0 saturated carbocycles. The van der Waals surface area contributed by atoms with E-state index in [1.807, 2.05) is 24.3 Å². The lowest BCUT2D eigenvalue weighted by atomic mass is 10.2. The van der Waals surface area contributed by atoms with Gasteiger partial charge in [0, 0.05) is 27.9 Å². The molecule has 17 heavy (non-hydrogen) atoms. The van der Waals surface area contributed by atoms with Crippen molar-refractivity contribution in [2.45, 2.75) is 10.6 Å². The third-order valence-corrected chi connectivity index (χ3v) is 3.47. The van der Waals surface area contributed by atoms with Crippen LogP contribution in [0.3, 0.4) is 0 Å². The van der Waals surface area contributed by atoms with E-state index >= 15 is 0 Å². The van der Waals surface area contributed by atoms with Crippen LogP contribution in [0.2, 0.25) is 5.02 Å². The van der Waals surface area contributed by atoms with Crippen LogP contribution in [0.1, 0.15) is 5.56 Å². The first kappa shape index (κ1) is 12.1. The summed E-state index contributed by atoms with van der Waals surface area (Å²) < 4.78 is 0. The second-order valence-electron chi connectivity index (χ2n) is 3.46. The Balaban J connectivity index is 2.04. The molecule has 0 aliphatic rings. The minimum atomic E-state index is -0.471. The van der Waals surface area contributed by atoms with E-state index in [-0.39, 0.29) is 5.75 Å². The predicted octanol–water partition coefficient (Wildman–Crippen LogP) is 3.03. The maximum atomic E-state index is 11.0. The van der Waals surface area contributed by atoms with Gasteiger partial charge in [-0.05, 0) is 17.7 Å². The number of benzene rings is 1. The summed E-state index contributed by atoms with van der Waals surface area (Å²) in [5, 5.41) is 9.97. The number of halogens is 1. The summed E-state index contributed by atoms with van der Waals surface area (Å²) in [6.45, 7) is 0. The van der Waals surface area contributed by atoms with Crippen LogP contribution in [0.15, 0.2) is 46.2 Å². The van der Waals surface area contributed by atoms with Gasteiger partial charge in [-0.1, -0.05) is 23.7 Å². The van der Waals surface area contributed by atoms with Gasteiger partial charge in [-0.25, -0.2) is 0 Å². The van der Waals surface area contributed by atoms with E-state index in [4.69, 9.17) is 11.6 Å². The first-order valence-corrected chi connectivity index (χ1v) is 6.30. The number of pyridine rings is 1. The van der Waals surface area contributed by atoms with Crippen LogP contribution in [-0.2, 0) is 5.75 Å². The normalized spacial score (nSPS) is 10.4. The van der Waals surface area contributed by atoms with Gasteiger partial charge in [0.15, 0.2) is 5.75 Å². The number of aromatic nitrogens is 1. The summed E-state index contributed by atoms with van der Waals surface area (Å²) in [6, 6.07) is 9.02. The molecular weight excluding hydrogens is 258 g/mol. The number of thioether (sulfide) groups is 1. The number of aromatic amines is 1. The van der Waals surface area contributed by atoms with Crippen molar-refractivity contribution >= 4 is 23.4 Å². The lowest BCUT2D eigenvalue weighted by molar-refractivity contribution is 0.464. The van der Waals surface area contributed by atoms with Gasteiger partial charge in [-0.3, -0.25) is 4.79 Å². The summed E-state index contributed by atoms with van der Waals surface area (Å²) in [5.74, 6) is 0.494. The van der Waals surface area contributed by atoms with Gasteiger partial charge in [0.1, 0.15) is 0 Å². The number of H-pyrrole nitrogens is 1. The molecule has 0 aliphatic heterocycles. The largest absolute Gasteiger partial charge is 0.503 e. The molecule has 2 rings (SSSR count). The Kier molecular flexibility index (Phi) is 3.76. The number of hydrogen-bond donors (Lipinski definition) is 2. The van der Waals surface area contributed by atoms with Gasteiger partial charge in [0.2, 0.25) is 0 Å². The van der Waals surface area contributed by atoms with Crippen LogP contribution in [0.5, 0.6) is 5.75 Å². The highest BCUT2D eigenvalue weighted by Crippen LogP contribution is 2.23. The van der Waals surface area contributed by atoms with Crippen molar-refractivity contribution in [2.24, 2.45) is 0 Å². The van der Waals surface area contributed by atoms with Gasteiger partial charge >= 0.3 is 0 Å². The van der Waals surface area contributed by atoms with Crippen LogP contribution < -0.4 is 5.56 Å². The third kappa shape index (κ3) is 3.28. The number of hydrogen-bond acceptors (Lipinski definition) is 3. The first-order chi connectivity index (χ1) is 8.15. The second-order valence-corrected chi connectivity index (χ2v) is 4.95. The number of nitrogens with one attached hydrogen (secondary N) is 1. The predicted molar refractivity (Wildman–Crippen MR) is 69.7 cm³/mol. The smallest absolute Gasteiger partial charge is 0.290 e. The molecule has 0 spiro atoms. The summed E-state index contributed by atoms with van der Waals surface area (Å²) in [5.41, 5.74) is 0.658. The van der Waals surface area contributed by atoms with E-state index < -0.39 is 5.56 Å². The van der Waals surface area contributed by atoms with E-state index in [1.165, 1.54) is 17.8 Å². The molecule has 1 aromatic carbocycles. The van der Waals surface area contributed by atoms with Crippen molar-refractivity contribution < 1.29 is 5.11 Å². The summed E-state index contributed by atoms with van der Waals surface area (Å²) in [7, 11) is 0. The minimum Gasteiger partial charge on any atom is -0.503 e. The Hall–Kier alpha value is -1.39. The summed E-state index contributed by atoms with van der Waals surface area (Å²) >= 11 is 7.32. The Labute approximate surface area is 107 Å². The molecule has 3 nitrogen and oxygen atoms in total. The fourth-order valence-corrected chi connectivity index (χ4v) is 2.27. The van der Waals surface area contributed by atoms with E-state index in [0.717, 1.165) is 16.2 Å². The summed E-state index contributed by atoms with van der Waals surface area (Å²) in [6.07, 6.45) is 1.59. The molecule has 0 fully saturated rings. The molecule has 1 heterocycles. The van der Waals surface area contributed by atoms with Crippen molar-refractivity contribution in [3.05, 3.63) is 57.5 Å². The van der Waals surface area contributed by atoms with E-state index in [9.17, 15) is 9.90 Å². The highest BCUT2D eigenvalue weighted by molar-refractivity contribution is 7.98.